The molecule has 0 atom stereocenters. The van der Waals surface area contributed by atoms with E-state index in [1.165, 1.54) is 0 Å². The van der Waals surface area contributed by atoms with Crippen molar-refractivity contribution in [3.05, 3.63) is 28.2 Å². The Morgan fingerprint density at radius 3 is 2.31 bits per heavy atom. The Morgan fingerprint density at radius 2 is 1.85 bits per heavy atom. The van der Waals surface area contributed by atoms with Crippen molar-refractivity contribution in [3.63, 3.8) is 0 Å². The van der Waals surface area contributed by atoms with Gasteiger partial charge in [-0.25, -0.2) is 0 Å². The van der Waals surface area contributed by atoms with Gasteiger partial charge >= 0.3 is 7.12 Å². The van der Waals surface area contributed by atoms with Crippen molar-refractivity contribution in [1.82, 2.24) is 0 Å². The highest BCUT2D eigenvalue weighted by Crippen LogP contribution is 2.17. The van der Waals surface area contributed by atoms with Crippen molar-refractivity contribution in [2.24, 2.45) is 0 Å². The summed E-state index contributed by atoms with van der Waals surface area (Å²) < 4.78 is 0.877. The van der Waals surface area contributed by atoms with Gasteiger partial charge in [-0.1, -0.05) is 35.8 Å². The lowest BCUT2D eigenvalue weighted by atomic mass is 9.79. The molecule has 13 heavy (non-hydrogen) atoms. The SMILES string of the molecule is CC(C)c1cc(Br)cc(B(O)O)c1. The number of benzene rings is 1. The molecule has 0 saturated carbocycles. The first-order valence-electron chi connectivity index (χ1n) is 4.17. The summed E-state index contributed by atoms with van der Waals surface area (Å²) in [5, 5.41) is 18.0. The maximum absolute atomic E-state index is 8.99. The van der Waals surface area contributed by atoms with Gasteiger partial charge in [0.25, 0.3) is 0 Å². The lowest BCUT2D eigenvalue weighted by molar-refractivity contribution is 0.425. The molecule has 0 bridgehead atoms. The summed E-state index contributed by atoms with van der Waals surface area (Å²) in [5.41, 5.74) is 1.62. The fourth-order valence-electron chi connectivity index (χ4n) is 1.12. The van der Waals surface area contributed by atoms with Crippen LogP contribution in [0.25, 0.3) is 0 Å². The zero-order valence-corrected chi connectivity index (χ0v) is 9.25. The Balaban J connectivity index is 3.11. The van der Waals surface area contributed by atoms with E-state index in [9.17, 15) is 0 Å². The third kappa shape index (κ3) is 2.83. The molecule has 1 aromatic carbocycles. The summed E-state index contributed by atoms with van der Waals surface area (Å²) in [6.45, 7) is 4.13. The van der Waals surface area contributed by atoms with E-state index in [1.54, 1.807) is 12.1 Å². The molecule has 0 spiro atoms. The van der Waals surface area contributed by atoms with Crippen LogP contribution in [0.3, 0.4) is 0 Å². The maximum Gasteiger partial charge on any atom is 0.488 e. The third-order valence-corrected chi connectivity index (χ3v) is 2.37. The predicted molar refractivity (Wildman–Crippen MR) is 58.1 cm³/mol. The largest absolute Gasteiger partial charge is 0.488 e. The molecule has 0 aromatic heterocycles. The van der Waals surface area contributed by atoms with Crippen LogP contribution in [-0.4, -0.2) is 17.2 Å². The molecule has 0 radical (unpaired) electrons. The van der Waals surface area contributed by atoms with Crippen LogP contribution in [0, 0.1) is 0 Å². The average molecular weight is 243 g/mol. The van der Waals surface area contributed by atoms with Gasteiger partial charge in [0.1, 0.15) is 0 Å². The van der Waals surface area contributed by atoms with Crippen LogP contribution in [0.2, 0.25) is 0 Å². The van der Waals surface area contributed by atoms with Gasteiger partial charge in [0.15, 0.2) is 0 Å². The minimum Gasteiger partial charge on any atom is -0.423 e. The second-order valence-corrected chi connectivity index (χ2v) is 4.26. The smallest absolute Gasteiger partial charge is 0.423 e. The van der Waals surface area contributed by atoms with Gasteiger partial charge in [-0.3, -0.25) is 0 Å². The number of halogens is 1. The summed E-state index contributed by atoms with van der Waals surface area (Å²) in [5.74, 6) is 0.384. The fraction of sp³-hybridized carbons (Fsp3) is 0.333. The van der Waals surface area contributed by atoms with E-state index in [4.69, 9.17) is 10.0 Å². The highest BCUT2D eigenvalue weighted by molar-refractivity contribution is 9.10. The minimum atomic E-state index is -1.39. The lowest BCUT2D eigenvalue weighted by Crippen LogP contribution is -2.30. The fourth-order valence-corrected chi connectivity index (χ4v) is 1.65. The predicted octanol–water partition coefficient (Wildman–Crippen LogP) is 1.25. The summed E-state index contributed by atoms with van der Waals surface area (Å²) in [6, 6.07) is 5.49. The second kappa shape index (κ2) is 4.27. The third-order valence-electron chi connectivity index (χ3n) is 1.91. The number of hydrogen-bond acceptors (Lipinski definition) is 2. The summed E-state index contributed by atoms with van der Waals surface area (Å²) in [4.78, 5) is 0. The Morgan fingerprint density at radius 1 is 1.23 bits per heavy atom. The topological polar surface area (TPSA) is 40.5 Å². The highest BCUT2D eigenvalue weighted by Gasteiger charge is 2.13. The van der Waals surface area contributed by atoms with Crippen LogP contribution in [0.5, 0.6) is 0 Å². The van der Waals surface area contributed by atoms with Crippen molar-refractivity contribution in [2.75, 3.05) is 0 Å². The van der Waals surface area contributed by atoms with Crippen LogP contribution in [0.15, 0.2) is 22.7 Å². The highest BCUT2D eigenvalue weighted by atomic mass is 79.9. The second-order valence-electron chi connectivity index (χ2n) is 3.35. The molecule has 0 unspecified atom stereocenters. The first-order valence-corrected chi connectivity index (χ1v) is 4.96. The quantitative estimate of drug-likeness (QED) is 0.767. The molecule has 0 saturated heterocycles. The zero-order valence-electron chi connectivity index (χ0n) is 7.66. The summed E-state index contributed by atoms with van der Waals surface area (Å²) in [7, 11) is -1.39. The normalized spacial score (nSPS) is 10.6. The summed E-state index contributed by atoms with van der Waals surface area (Å²) >= 11 is 3.33. The van der Waals surface area contributed by atoms with E-state index >= 15 is 0 Å². The molecular weight excluding hydrogens is 231 g/mol. The van der Waals surface area contributed by atoms with E-state index in [1.807, 2.05) is 6.07 Å². The molecule has 1 aromatic rings. The number of hydrogen-bond donors (Lipinski definition) is 2. The Labute approximate surface area is 86.9 Å². The first kappa shape index (κ1) is 10.8. The molecule has 0 aliphatic carbocycles. The van der Waals surface area contributed by atoms with Gasteiger partial charge in [0.05, 0.1) is 0 Å². The Bertz CT molecular complexity index is 273. The Hall–Kier alpha value is -0.315. The molecule has 2 N–H and O–H groups in total. The van der Waals surface area contributed by atoms with Gasteiger partial charge in [-0.05, 0) is 29.1 Å². The van der Waals surface area contributed by atoms with Gasteiger partial charge in [0, 0.05) is 4.47 Å². The van der Waals surface area contributed by atoms with Crippen LogP contribution in [0.1, 0.15) is 25.3 Å². The monoisotopic (exact) mass is 242 g/mol. The molecule has 0 aliphatic rings. The molecular formula is C9H12BBrO2. The van der Waals surface area contributed by atoms with E-state index in [2.05, 4.69) is 29.8 Å². The maximum atomic E-state index is 8.99. The van der Waals surface area contributed by atoms with Crippen molar-refractivity contribution in [2.45, 2.75) is 19.8 Å². The molecule has 0 fully saturated rings. The van der Waals surface area contributed by atoms with Gasteiger partial charge < -0.3 is 10.0 Å². The van der Waals surface area contributed by atoms with Gasteiger partial charge in [-0.2, -0.15) is 0 Å². The Kier molecular flexibility index (Phi) is 3.53. The standard InChI is InChI=1S/C9H12BBrO2/c1-6(2)7-3-8(10(12)13)5-9(11)4-7/h3-6,12-13H,1-2H3. The molecule has 0 aliphatic heterocycles. The van der Waals surface area contributed by atoms with Crippen molar-refractivity contribution >= 4 is 28.5 Å². The van der Waals surface area contributed by atoms with Crippen LogP contribution < -0.4 is 5.46 Å². The van der Waals surface area contributed by atoms with E-state index in [0.29, 0.717) is 11.4 Å². The molecule has 2 nitrogen and oxygen atoms in total. The average Bonchev–Trinajstić information content (AvgIpc) is 2.03. The first-order chi connectivity index (χ1) is 6.00. The molecule has 0 heterocycles. The zero-order chi connectivity index (χ0) is 10.0. The summed E-state index contributed by atoms with van der Waals surface area (Å²) in [6.07, 6.45) is 0. The van der Waals surface area contributed by atoms with E-state index < -0.39 is 7.12 Å². The van der Waals surface area contributed by atoms with Crippen LogP contribution >= 0.6 is 15.9 Å². The van der Waals surface area contributed by atoms with Crippen molar-refractivity contribution in [1.29, 1.82) is 0 Å². The lowest BCUT2D eigenvalue weighted by Gasteiger charge is -2.08. The van der Waals surface area contributed by atoms with Crippen molar-refractivity contribution in [3.8, 4) is 0 Å². The molecule has 0 amide bonds. The molecule has 4 heteroatoms. The molecule has 70 valence electrons. The molecule has 1 rings (SSSR count). The van der Waals surface area contributed by atoms with Crippen LogP contribution in [0.4, 0.5) is 0 Å². The van der Waals surface area contributed by atoms with Crippen LogP contribution in [-0.2, 0) is 0 Å². The van der Waals surface area contributed by atoms with Crippen molar-refractivity contribution < 1.29 is 10.0 Å². The van der Waals surface area contributed by atoms with E-state index in [-0.39, 0.29) is 0 Å². The minimum absolute atomic E-state index is 0.384. The number of rotatable bonds is 2. The van der Waals surface area contributed by atoms with Gasteiger partial charge in [-0.15, -0.1) is 0 Å². The van der Waals surface area contributed by atoms with E-state index in [0.717, 1.165) is 10.0 Å². The van der Waals surface area contributed by atoms with Gasteiger partial charge in [0.2, 0.25) is 0 Å².